The molecule has 2 amide bonds. The number of esters is 1. The van der Waals surface area contributed by atoms with E-state index in [1.165, 1.54) is 37.6 Å². The van der Waals surface area contributed by atoms with Gasteiger partial charge >= 0.3 is 11.6 Å². The van der Waals surface area contributed by atoms with Gasteiger partial charge in [0.2, 0.25) is 0 Å². The molecular formula is C25H17NO8. The average molecular weight is 459 g/mol. The summed E-state index contributed by atoms with van der Waals surface area (Å²) in [6.45, 7) is -0.199. The summed E-state index contributed by atoms with van der Waals surface area (Å²) in [4.78, 5) is 51.1. The lowest BCUT2D eigenvalue weighted by Crippen LogP contribution is -2.28. The van der Waals surface area contributed by atoms with Gasteiger partial charge < -0.3 is 18.3 Å². The number of hydrogen-bond acceptors (Lipinski definition) is 8. The number of imide groups is 1. The highest BCUT2D eigenvalue weighted by molar-refractivity contribution is 6.21. The van der Waals surface area contributed by atoms with Gasteiger partial charge in [-0.25, -0.2) is 9.59 Å². The van der Waals surface area contributed by atoms with Gasteiger partial charge in [-0.15, -0.1) is 0 Å². The fourth-order valence-corrected chi connectivity index (χ4v) is 3.80. The van der Waals surface area contributed by atoms with Crippen molar-refractivity contribution < 1.29 is 32.7 Å². The largest absolute Gasteiger partial charge is 0.497 e. The van der Waals surface area contributed by atoms with Gasteiger partial charge in [0.1, 0.15) is 23.7 Å². The number of fused-ring (bicyclic) bond motifs is 2. The van der Waals surface area contributed by atoms with Gasteiger partial charge in [-0.1, -0.05) is 0 Å². The number of amides is 2. The monoisotopic (exact) mass is 459 g/mol. The van der Waals surface area contributed by atoms with Crippen LogP contribution < -0.4 is 10.4 Å². The van der Waals surface area contributed by atoms with Crippen LogP contribution in [-0.2, 0) is 17.9 Å². The first-order valence-corrected chi connectivity index (χ1v) is 10.2. The summed E-state index contributed by atoms with van der Waals surface area (Å²) in [5.74, 6) is -0.710. The molecule has 5 rings (SSSR count). The molecule has 170 valence electrons. The fraction of sp³-hybridized carbons (Fsp3) is 0.120. The van der Waals surface area contributed by atoms with Crippen LogP contribution in [0.3, 0.4) is 0 Å². The number of methoxy groups -OCH3 is 1. The second-order valence-electron chi connectivity index (χ2n) is 7.57. The normalized spacial score (nSPS) is 12.8. The Labute approximate surface area is 192 Å². The van der Waals surface area contributed by atoms with E-state index in [0.717, 1.165) is 4.90 Å². The van der Waals surface area contributed by atoms with E-state index in [4.69, 9.17) is 18.3 Å². The van der Waals surface area contributed by atoms with Gasteiger partial charge in [-0.05, 0) is 42.5 Å². The highest BCUT2D eigenvalue weighted by atomic mass is 16.5. The van der Waals surface area contributed by atoms with Crippen LogP contribution in [0, 0.1) is 0 Å². The highest BCUT2D eigenvalue weighted by Gasteiger charge is 2.36. The fourth-order valence-electron chi connectivity index (χ4n) is 3.80. The lowest BCUT2D eigenvalue weighted by molar-refractivity contribution is 0.0473. The number of carbonyl (C=O) groups excluding carboxylic acids is 3. The summed E-state index contributed by atoms with van der Waals surface area (Å²) in [5.41, 5.74) is 0.590. The molecule has 1 aliphatic rings. The number of hydrogen-bond donors (Lipinski definition) is 0. The van der Waals surface area contributed by atoms with E-state index in [1.54, 1.807) is 30.3 Å². The van der Waals surface area contributed by atoms with Crippen LogP contribution in [0.25, 0.3) is 11.0 Å². The van der Waals surface area contributed by atoms with E-state index >= 15 is 0 Å². The number of carbonyl (C=O) groups is 3. The molecule has 0 bridgehead atoms. The minimum Gasteiger partial charge on any atom is -0.497 e. The molecule has 34 heavy (non-hydrogen) atoms. The third-order valence-corrected chi connectivity index (χ3v) is 5.50. The van der Waals surface area contributed by atoms with Gasteiger partial charge in [0.05, 0.1) is 36.6 Å². The van der Waals surface area contributed by atoms with Gasteiger partial charge in [-0.2, -0.15) is 0 Å². The molecule has 0 spiro atoms. The van der Waals surface area contributed by atoms with Gasteiger partial charge in [0, 0.05) is 23.1 Å². The first-order valence-electron chi connectivity index (χ1n) is 10.2. The number of nitrogens with zero attached hydrogens (tertiary/aromatic N) is 1. The second-order valence-corrected chi connectivity index (χ2v) is 7.57. The molecule has 0 aliphatic carbocycles. The summed E-state index contributed by atoms with van der Waals surface area (Å²) < 4.78 is 21.0. The maximum atomic E-state index is 12.8. The van der Waals surface area contributed by atoms with Crippen LogP contribution in [-0.4, -0.2) is 29.8 Å². The lowest BCUT2D eigenvalue weighted by atomic mass is 10.1. The van der Waals surface area contributed by atoms with Crippen LogP contribution in [0.4, 0.5) is 0 Å². The van der Waals surface area contributed by atoms with Crippen molar-refractivity contribution in [2.45, 2.75) is 13.2 Å². The summed E-state index contributed by atoms with van der Waals surface area (Å²) in [7, 11) is 1.50. The first-order chi connectivity index (χ1) is 16.4. The van der Waals surface area contributed by atoms with Crippen LogP contribution in [0.5, 0.6) is 5.75 Å². The smallest absolute Gasteiger partial charge is 0.338 e. The molecule has 2 aromatic heterocycles. The Morgan fingerprint density at radius 2 is 1.79 bits per heavy atom. The van der Waals surface area contributed by atoms with Gasteiger partial charge in [0.25, 0.3) is 11.8 Å². The molecule has 0 saturated heterocycles. The highest BCUT2D eigenvalue weighted by Crippen LogP contribution is 2.27. The van der Waals surface area contributed by atoms with Crippen molar-refractivity contribution in [1.29, 1.82) is 0 Å². The van der Waals surface area contributed by atoms with E-state index < -0.39 is 23.4 Å². The van der Waals surface area contributed by atoms with Crippen molar-refractivity contribution in [3.8, 4) is 5.75 Å². The zero-order chi connectivity index (χ0) is 23.8. The van der Waals surface area contributed by atoms with Crippen molar-refractivity contribution in [1.82, 2.24) is 4.90 Å². The number of benzene rings is 2. The third-order valence-electron chi connectivity index (χ3n) is 5.50. The van der Waals surface area contributed by atoms with Crippen molar-refractivity contribution in [3.63, 3.8) is 0 Å². The van der Waals surface area contributed by atoms with Crippen LogP contribution in [0.1, 0.15) is 42.4 Å². The van der Waals surface area contributed by atoms with E-state index in [2.05, 4.69) is 0 Å². The Kier molecular flexibility index (Phi) is 5.21. The zero-order valence-corrected chi connectivity index (χ0v) is 17.9. The van der Waals surface area contributed by atoms with Crippen LogP contribution >= 0.6 is 0 Å². The molecule has 0 N–H and O–H groups in total. The predicted molar refractivity (Wildman–Crippen MR) is 118 cm³/mol. The summed E-state index contributed by atoms with van der Waals surface area (Å²) in [6.07, 6.45) is 1.46. The standard InChI is InChI=1S/C25H17NO8/c1-31-16-5-7-18-15(10-22(27)34-21(18)11-16)13-33-25(30)14-4-6-19-20(9-14)24(29)26(23(19)28)12-17-3-2-8-32-17/h2-11H,12-13H2,1H3. The van der Waals surface area contributed by atoms with Crippen molar-refractivity contribution >= 4 is 28.8 Å². The zero-order valence-electron chi connectivity index (χ0n) is 17.9. The molecule has 3 heterocycles. The molecule has 1 aliphatic heterocycles. The van der Waals surface area contributed by atoms with Crippen molar-refractivity contribution in [3.05, 3.63) is 99.3 Å². The minimum atomic E-state index is -0.706. The molecule has 2 aromatic carbocycles. The Balaban J connectivity index is 1.35. The Bertz CT molecular complexity index is 1500. The molecule has 9 heteroatoms. The average Bonchev–Trinajstić information content (AvgIpc) is 3.44. The van der Waals surface area contributed by atoms with E-state index in [9.17, 15) is 19.2 Å². The quantitative estimate of drug-likeness (QED) is 0.244. The Hall–Kier alpha value is -4.66. The lowest BCUT2D eigenvalue weighted by Gasteiger charge is -2.11. The number of ether oxygens (including phenoxy) is 2. The first kappa shape index (κ1) is 21.2. The van der Waals surface area contributed by atoms with Gasteiger partial charge in [0.15, 0.2) is 0 Å². The molecule has 0 saturated carbocycles. The van der Waals surface area contributed by atoms with Crippen LogP contribution in [0.2, 0.25) is 0 Å². The van der Waals surface area contributed by atoms with Crippen molar-refractivity contribution in [2.75, 3.05) is 7.11 Å². The third kappa shape index (κ3) is 3.73. The second kappa shape index (κ2) is 8.36. The predicted octanol–water partition coefficient (Wildman–Crippen LogP) is 3.55. The molecule has 0 fully saturated rings. The van der Waals surface area contributed by atoms with E-state index in [1.807, 2.05) is 0 Å². The number of rotatable bonds is 6. The summed E-state index contributed by atoms with van der Waals surface area (Å²) in [6, 6.07) is 13.7. The molecule has 0 radical (unpaired) electrons. The summed E-state index contributed by atoms with van der Waals surface area (Å²) in [5, 5.41) is 0.594. The summed E-state index contributed by atoms with van der Waals surface area (Å²) >= 11 is 0. The van der Waals surface area contributed by atoms with E-state index in [-0.39, 0.29) is 29.8 Å². The van der Waals surface area contributed by atoms with E-state index in [0.29, 0.717) is 28.0 Å². The maximum absolute atomic E-state index is 12.8. The molecule has 0 atom stereocenters. The molecule has 9 nitrogen and oxygen atoms in total. The number of furan rings is 1. The molecule has 0 unspecified atom stereocenters. The SMILES string of the molecule is COc1ccc2c(COC(=O)c3ccc4c(c3)C(=O)N(Cc3ccco3)C4=O)cc(=O)oc2c1. The maximum Gasteiger partial charge on any atom is 0.338 e. The van der Waals surface area contributed by atoms with Gasteiger partial charge in [-0.3, -0.25) is 14.5 Å². The van der Waals surface area contributed by atoms with Crippen LogP contribution in [0.15, 0.2) is 74.5 Å². The molecular weight excluding hydrogens is 442 g/mol. The minimum absolute atomic E-state index is 0.00637. The molecule has 4 aromatic rings. The Morgan fingerprint density at radius 3 is 2.56 bits per heavy atom. The van der Waals surface area contributed by atoms with Crippen molar-refractivity contribution in [2.24, 2.45) is 0 Å². The topological polar surface area (TPSA) is 116 Å². The Morgan fingerprint density at radius 1 is 0.971 bits per heavy atom.